The number of aromatic carboxylic acids is 1. The first kappa shape index (κ1) is 38.4. The number of rotatable bonds is 14. The van der Waals surface area contributed by atoms with E-state index in [1.54, 1.807) is 6.07 Å². The molecule has 0 unspecified atom stereocenters. The normalized spacial score (nSPS) is 16.9. The standard InChI is InChI=1S/C39H38N4O12/c44-20-32-29(47)18-34(55-32)43-19-22(37(50)42-39(43)53)6-12-33(48)40-13-3-1-2-4-14-41-36(49)21-5-9-25(38(51)52)28(15-21)35-26-10-7-23(45)16-30(26)54-31-17-24(46)8-11-27(31)35/h5-12,15-17,19,29,32,34,44-45,47H,1-4,13-14,18,20H2,(H,40,48)(H,41,49)(H,51,52)(H,42,50,53)/b12-6+/t29-,32-,34-/m1/s1. The van der Waals surface area contributed by atoms with Crippen molar-refractivity contribution >= 4 is 34.8 Å². The Bertz CT molecular complexity index is 2430. The Kier molecular flexibility index (Phi) is 11.7. The molecular formula is C39H38N4O12. The number of carboxylic acid groups (broad SMARTS) is 1. The number of nitrogens with zero attached hydrogens (tertiary/aromatic N) is 1. The average molecular weight is 755 g/mol. The average Bonchev–Trinajstić information content (AvgIpc) is 3.53. The second kappa shape index (κ2) is 16.8. The van der Waals surface area contributed by atoms with E-state index in [1.165, 1.54) is 60.8 Å². The van der Waals surface area contributed by atoms with Gasteiger partial charge in [-0.25, -0.2) is 9.59 Å². The Hall–Kier alpha value is -6.36. The predicted octanol–water partition coefficient (Wildman–Crippen LogP) is 2.58. The van der Waals surface area contributed by atoms with Crippen LogP contribution in [0.3, 0.4) is 0 Å². The maximum atomic E-state index is 13.2. The topological polar surface area (TPSA) is 250 Å². The number of ether oxygens (including phenoxy) is 1. The van der Waals surface area contributed by atoms with Gasteiger partial charge in [0.15, 0.2) is 5.43 Å². The van der Waals surface area contributed by atoms with E-state index in [2.05, 4.69) is 15.6 Å². The van der Waals surface area contributed by atoms with Crippen LogP contribution in [0.15, 0.2) is 85.7 Å². The molecule has 3 atom stereocenters. The summed E-state index contributed by atoms with van der Waals surface area (Å²) in [5.41, 5.74) is -0.253. The molecule has 16 heteroatoms. The minimum Gasteiger partial charge on any atom is -0.508 e. The highest BCUT2D eigenvalue weighted by Gasteiger charge is 2.35. The molecule has 0 saturated carbocycles. The van der Waals surface area contributed by atoms with Gasteiger partial charge < -0.3 is 40.2 Å². The number of hydrogen-bond donors (Lipinski definition) is 7. The molecule has 0 radical (unpaired) electrons. The molecule has 2 amide bonds. The van der Waals surface area contributed by atoms with Crippen LogP contribution in [0.25, 0.3) is 39.5 Å². The van der Waals surface area contributed by atoms with Crippen molar-refractivity contribution in [2.45, 2.75) is 50.5 Å². The van der Waals surface area contributed by atoms with Gasteiger partial charge in [0.25, 0.3) is 11.5 Å². The fraction of sp³-hybridized carbons (Fsp3) is 0.282. The number of hydrogen-bond acceptors (Lipinski definition) is 11. The van der Waals surface area contributed by atoms with E-state index < -0.39 is 54.1 Å². The van der Waals surface area contributed by atoms with Gasteiger partial charge in [-0.15, -0.1) is 0 Å². The van der Waals surface area contributed by atoms with Crippen molar-refractivity contribution in [3.63, 3.8) is 0 Å². The molecule has 3 aromatic rings. The molecule has 2 aliphatic heterocycles. The molecule has 1 saturated heterocycles. The van der Waals surface area contributed by atoms with E-state index in [0.717, 1.165) is 23.5 Å². The summed E-state index contributed by atoms with van der Waals surface area (Å²) < 4.78 is 12.5. The number of carbonyl (C=O) groups is 3. The Morgan fingerprint density at radius 3 is 2.42 bits per heavy atom. The Labute approximate surface area is 311 Å². The number of benzene rings is 3. The summed E-state index contributed by atoms with van der Waals surface area (Å²) in [4.78, 5) is 76.7. The van der Waals surface area contributed by atoms with Crippen LogP contribution in [0.2, 0.25) is 0 Å². The number of aromatic hydroxyl groups is 1. The van der Waals surface area contributed by atoms with E-state index in [4.69, 9.17) is 9.15 Å². The van der Waals surface area contributed by atoms with Gasteiger partial charge in [-0.05, 0) is 66.9 Å². The van der Waals surface area contributed by atoms with Crippen LogP contribution in [0.1, 0.15) is 64.6 Å². The number of aromatic nitrogens is 2. The zero-order chi connectivity index (χ0) is 39.2. The molecular weight excluding hydrogens is 716 g/mol. The van der Waals surface area contributed by atoms with Crippen LogP contribution in [0.4, 0.5) is 0 Å². The van der Waals surface area contributed by atoms with Crippen molar-refractivity contribution in [2.24, 2.45) is 0 Å². The smallest absolute Gasteiger partial charge is 0.336 e. The molecule has 0 spiro atoms. The molecule has 1 aromatic heterocycles. The van der Waals surface area contributed by atoms with Crippen LogP contribution in [-0.4, -0.2) is 79.7 Å². The van der Waals surface area contributed by atoms with Crippen LogP contribution in [-0.2, 0) is 9.53 Å². The fourth-order valence-electron chi connectivity index (χ4n) is 6.46. The maximum absolute atomic E-state index is 13.2. The molecule has 3 heterocycles. The van der Waals surface area contributed by atoms with E-state index in [-0.39, 0.29) is 51.2 Å². The van der Waals surface area contributed by atoms with E-state index in [0.29, 0.717) is 42.4 Å². The highest BCUT2D eigenvalue weighted by molar-refractivity contribution is 6.09. The largest absolute Gasteiger partial charge is 0.508 e. The first-order valence-corrected chi connectivity index (χ1v) is 17.5. The summed E-state index contributed by atoms with van der Waals surface area (Å²) in [5.74, 6) is -1.98. The minimum atomic E-state index is -1.22. The molecule has 7 N–H and O–H groups in total. The molecule has 55 heavy (non-hydrogen) atoms. The van der Waals surface area contributed by atoms with Gasteiger partial charge >= 0.3 is 11.7 Å². The molecule has 6 rings (SSSR count). The van der Waals surface area contributed by atoms with Crippen LogP contribution < -0.4 is 27.3 Å². The van der Waals surface area contributed by atoms with E-state index in [1.807, 2.05) is 0 Å². The summed E-state index contributed by atoms with van der Waals surface area (Å²) in [6.07, 6.45) is 3.71. The van der Waals surface area contributed by atoms with Gasteiger partial charge in [-0.1, -0.05) is 12.8 Å². The van der Waals surface area contributed by atoms with Crippen molar-refractivity contribution in [3.8, 4) is 28.2 Å². The van der Waals surface area contributed by atoms with Crippen LogP contribution in [0.5, 0.6) is 5.75 Å². The lowest BCUT2D eigenvalue weighted by molar-refractivity contribution is -0.116. The molecule has 0 bridgehead atoms. The third-order valence-electron chi connectivity index (χ3n) is 9.25. The lowest BCUT2D eigenvalue weighted by Crippen LogP contribution is -2.33. The third kappa shape index (κ3) is 8.73. The van der Waals surface area contributed by atoms with Crippen molar-refractivity contribution in [1.82, 2.24) is 20.2 Å². The van der Waals surface area contributed by atoms with E-state index in [9.17, 15) is 49.2 Å². The molecule has 3 aliphatic rings. The van der Waals surface area contributed by atoms with Gasteiger partial charge in [0.1, 0.15) is 29.4 Å². The highest BCUT2D eigenvalue weighted by atomic mass is 16.5. The Morgan fingerprint density at radius 1 is 0.927 bits per heavy atom. The summed E-state index contributed by atoms with van der Waals surface area (Å²) >= 11 is 0. The molecule has 286 valence electrons. The third-order valence-corrected chi connectivity index (χ3v) is 9.25. The van der Waals surface area contributed by atoms with Gasteiger partial charge in [-0.2, -0.15) is 0 Å². The number of fused-ring (bicyclic) bond motifs is 2. The lowest BCUT2D eigenvalue weighted by atomic mass is 9.89. The van der Waals surface area contributed by atoms with Gasteiger partial charge in [0.2, 0.25) is 5.91 Å². The zero-order valence-electron chi connectivity index (χ0n) is 29.3. The van der Waals surface area contributed by atoms with Crippen LogP contribution in [0, 0.1) is 0 Å². The summed E-state index contributed by atoms with van der Waals surface area (Å²) in [6, 6.07) is 12.8. The van der Waals surface area contributed by atoms with Crippen molar-refractivity contribution < 1.29 is 44.0 Å². The number of H-pyrrole nitrogens is 1. The molecule has 2 aromatic carbocycles. The number of amides is 2. The first-order chi connectivity index (χ1) is 26.4. The second-order valence-electron chi connectivity index (χ2n) is 13.0. The number of carbonyl (C=O) groups excluding carboxylic acids is 2. The predicted molar refractivity (Wildman–Crippen MR) is 199 cm³/mol. The van der Waals surface area contributed by atoms with Crippen LogP contribution >= 0.6 is 0 Å². The SMILES string of the molecule is O=C(/C=C/c1cn([C@H]2C[C@@H](O)[C@@H](CO)O2)c(=O)[nH]c1=O)NCCCCCCNC(=O)c1ccc(C(=O)O)c(-c2c3ccc(=O)cc-3oc3cc(O)ccc23)c1. The van der Waals surface area contributed by atoms with Gasteiger partial charge in [0, 0.05) is 66.0 Å². The van der Waals surface area contributed by atoms with Crippen molar-refractivity contribution in [2.75, 3.05) is 19.7 Å². The summed E-state index contributed by atoms with van der Waals surface area (Å²) in [6.45, 7) is 0.262. The Morgan fingerprint density at radius 2 is 1.69 bits per heavy atom. The minimum absolute atomic E-state index is 0.0226. The number of aliphatic hydroxyl groups excluding tert-OH is 2. The van der Waals surface area contributed by atoms with Crippen molar-refractivity contribution in [3.05, 3.63) is 115 Å². The number of aliphatic hydroxyl groups is 2. The summed E-state index contributed by atoms with van der Waals surface area (Å²) in [7, 11) is 0. The number of phenols is 1. The summed E-state index contributed by atoms with van der Waals surface area (Å²) in [5, 5.41) is 45.5. The highest BCUT2D eigenvalue weighted by Crippen LogP contribution is 2.42. The number of unbranched alkanes of at least 4 members (excludes halogenated alkanes) is 3. The lowest BCUT2D eigenvalue weighted by Gasteiger charge is -2.17. The van der Waals surface area contributed by atoms with Gasteiger partial charge in [0.05, 0.1) is 23.8 Å². The molecule has 1 fully saturated rings. The number of carboxylic acids is 1. The van der Waals surface area contributed by atoms with E-state index >= 15 is 0 Å². The fourth-order valence-corrected chi connectivity index (χ4v) is 6.46. The molecule has 16 nitrogen and oxygen atoms in total. The number of phenolic OH excluding ortho intramolecular Hbond substituents is 1. The second-order valence-corrected chi connectivity index (χ2v) is 13.0. The van der Waals surface area contributed by atoms with Crippen molar-refractivity contribution in [1.29, 1.82) is 0 Å². The van der Waals surface area contributed by atoms with Gasteiger partial charge in [-0.3, -0.25) is 28.7 Å². The Balaban J connectivity index is 1.01. The number of nitrogens with one attached hydrogen (secondary N) is 3. The number of aromatic amines is 1. The first-order valence-electron chi connectivity index (χ1n) is 17.5. The monoisotopic (exact) mass is 754 g/mol. The zero-order valence-corrected chi connectivity index (χ0v) is 29.3. The quantitative estimate of drug-likeness (QED) is 0.0491. The maximum Gasteiger partial charge on any atom is 0.336 e. The molecule has 1 aliphatic carbocycles.